The van der Waals surface area contributed by atoms with E-state index in [1.165, 1.54) is 0 Å². The molecule has 1 rings (SSSR count). The largest absolute Gasteiger partial charge is 0.384 e. The van der Waals surface area contributed by atoms with Gasteiger partial charge in [-0.05, 0) is 25.0 Å². The van der Waals surface area contributed by atoms with Gasteiger partial charge in [-0.2, -0.15) is 0 Å². The summed E-state index contributed by atoms with van der Waals surface area (Å²) in [5.74, 6) is 0.164. The van der Waals surface area contributed by atoms with Crippen molar-refractivity contribution in [1.82, 2.24) is 9.88 Å². The summed E-state index contributed by atoms with van der Waals surface area (Å²) in [5, 5.41) is 0.349. The molecule has 0 saturated carbocycles. The Morgan fingerprint density at radius 1 is 1.35 bits per heavy atom. The van der Waals surface area contributed by atoms with Gasteiger partial charge in [-0.1, -0.05) is 25.4 Å². The van der Waals surface area contributed by atoms with Gasteiger partial charge in [0.25, 0.3) is 5.91 Å². The van der Waals surface area contributed by atoms with Crippen LogP contribution in [0.5, 0.6) is 0 Å². The summed E-state index contributed by atoms with van der Waals surface area (Å²) in [6.45, 7) is 5.48. The summed E-state index contributed by atoms with van der Waals surface area (Å²) in [4.78, 5) is 18.0. The van der Waals surface area contributed by atoms with E-state index in [0.717, 1.165) is 12.8 Å². The standard InChI is InChI=1S/C12H18ClN3O/c1-3-7-16(8-4-2)12(17)11-9(13)5-6-10(14)15-11/h5-6H,3-4,7-8H2,1-2H3,(H2,14,15). The molecule has 94 valence electrons. The fraction of sp³-hybridized carbons (Fsp3) is 0.500. The number of nitrogen functional groups attached to an aromatic ring is 1. The average Bonchev–Trinajstić information content (AvgIpc) is 2.31. The monoisotopic (exact) mass is 255 g/mol. The maximum Gasteiger partial charge on any atom is 0.274 e. The van der Waals surface area contributed by atoms with Crippen LogP contribution in [-0.2, 0) is 0 Å². The third-order valence-electron chi connectivity index (χ3n) is 2.34. The molecule has 4 nitrogen and oxygen atoms in total. The molecule has 1 heterocycles. The molecule has 5 heteroatoms. The van der Waals surface area contributed by atoms with Crippen molar-refractivity contribution < 1.29 is 4.79 Å². The van der Waals surface area contributed by atoms with Crippen LogP contribution in [0.2, 0.25) is 5.02 Å². The first-order valence-corrected chi connectivity index (χ1v) is 6.19. The minimum atomic E-state index is -0.147. The predicted octanol–water partition coefficient (Wildman–Crippen LogP) is 2.58. The van der Waals surface area contributed by atoms with Gasteiger partial charge in [-0.15, -0.1) is 0 Å². The van der Waals surface area contributed by atoms with E-state index in [0.29, 0.717) is 23.9 Å². The maximum atomic E-state index is 12.2. The molecule has 1 amide bonds. The first-order valence-electron chi connectivity index (χ1n) is 5.81. The Kier molecular flexibility index (Phi) is 5.22. The van der Waals surface area contributed by atoms with Crippen LogP contribution in [0, 0.1) is 0 Å². The summed E-state index contributed by atoms with van der Waals surface area (Å²) in [6, 6.07) is 3.19. The molecule has 0 aromatic carbocycles. The van der Waals surface area contributed by atoms with Crippen molar-refractivity contribution in [2.45, 2.75) is 26.7 Å². The predicted molar refractivity (Wildman–Crippen MR) is 70.1 cm³/mol. The Morgan fingerprint density at radius 2 is 1.94 bits per heavy atom. The van der Waals surface area contributed by atoms with E-state index < -0.39 is 0 Å². The lowest BCUT2D eigenvalue weighted by Gasteiger charge is -2.21. The second-order valence-corrected chi connectivity index (χ2v) is 4.27. The topological polar surface area (TPSA) is 59.2 Å². The highest BCUT2D eigenvalue weighted by molar-refractivity contribution is 6.33. The van der Waals surface area contributed by atoms with Crippen molar-refractivity contribution >= 4 is 23.3 Å². The Labute approximate surface area is 107 Å². The van der Waals surface area contributed by atoms with E-state index in [1.54, 1.807) is 17.0 Å². The van der Waals surface area contributed by atoms with Crippen LogP contribution in [0.15, 0.2) is 12.1 Å². The van der Waals surface area contributed by atoms with Crippen LogP contribution in [0.1, 0.15) is 37.2 Å². The summed E-state index contributed by atoms with van der Waals surface area (Å²) in [7, 11) is 0. The third kappa shape index (κ3) is 3.60. The number of pyridine rings is 1. The van der Waals surface area contributed by atoms with Crippen LogP contribution >= 0.6 is 11.6 Å². The van der Waals surface area contributed by atoms with Gasteiger partial charge in [-0.3, -0.25) is 4.79 Å². The van der Waals surface area contributed by atoms with E-state index in [4.69, 9.17) is 17.3 Å². The SMILES string of the molecule is CCCN(CCC)C(=O)c1nc(N)ccc1Cl. The Hall–Kier alpha value is -1.29. The molecular weight excluding hydrogens is 238 g/mol. The number of amides is 1. The van der Waals surface area contributed by atoms with Gasteiger partial charge in [-0.25, -0.2) is 4.98 Å². The molecule has 1 aromatic rings. The van der Waals surface area contributed by atoms with Gasteiger partial charge >= 0.3 is 0 Å². The molecule has 0 aliphatic rings. The highest BCUT2D eigenvalue weighted by atomic mass is 35.5. The Bertz CT molecular complexity index is 389. The van der Waals surface area contributed by atoms with Crippen LogP contribution in [0.4, 0.5) is 5.82 Å². The number of carbonyl (C=O) groups excluding carboxylic acids is 1. The number of halogens is 1. The molecule has 0 aliphatic carbocycles. The van der Waals surface area contributed by atoms with Crippen molar-refractivity contribution in [3.63, 3.8) is 0 Å². The van der Waals surface area contributed by atoms with Gasteiger partial charge in [0.2, 0.25) is 0 Å². The molecule has 0 saturated heterocycles. The highest BCUT2D eigenvalue weighted by Gasteiger charge is 2.18. The Morgan fingerprint density at radius 3 is 2.47 bits per heavy atom. The van der Waals surface area contributed by atoms with Crippen molar-refractivity contribution in [3.05, 3.63) is 22.8 Å². The number of anilines is 1. The molecular formula is C12H18ClN3O. The molecule has 0 spiro atoms. The normalized spacial score (nSPS) is 10.3. The van der Waals surface area contributed by atoms with Crippen LogP contribution in [0.25, 0.3) is 0 Å². The molecule has 17 heavy (non-hydrogen) atoms. The molecule has 0 radical (unpaired) electrons. The van der Waals surface area contributed by atoms with E-state index in [9.17, 15) is 4.79 Å². The van der Waals surface area contributed by atoms with Gasteiger partial charge in [0, 0.05) is 13.1 Å². The molecule has 0 fully saturated rings. The van der Waals surface area contributed by atoms with Crippen molar-refractivity contribution in [3.8, 4) is 0 Å². The molecule has 0 bridgehead atoms. The first kappa shape index (κ1) is 13.8. The lowest BCUT2D eigenvalue weighted by atomic mass is 10.2. The number of aromatic nitrogens is 1. The number of nitrogens with two attached hydrogens (primary N) is 1. The molecule has 1 aromatic heterocycles. The van der Waals surface area contributed by atoms with Crippen LogP contribution in [-0.4, -0.2) is 28.9 Å². The van der Waals surface area contributed by atoms with E-state index >= 15 is 0 Å². The van der Waals surface area contributed by atoms with Gasteiger partial charge in [0.15, 0.2) is 0 Å². The smallest absolute Gasteiger partial charge is 0.274 e. The number of hydrogen-bond acceptors (Lipinski definition) is 3. The summed E-state index contributed by atoms with van der Waals surface area (Å²) < 4.78 is 0. The van der Waals surface area contributed by atoms with Crippen molar-refractivity contribution in [1.29, 1.82) is 0 Å². The van der Waals surface area contributed by atoms with Gasteiger partial charge in [0.1, 0.15) is 11.5 Å². The minimum Gasteiger partial charge on any atom is -0.384 e. The fourth-order valence-electron chi connectivity index (χ4n) is 1.61. The first-order chi connectivity index (χ1) is 8.10. The second-order valence-electron chi connectivity index (χ2n) is 3.86. The van der Waals surface area contributed by atoms with E-state index in [2.05, 4.69) is 4.98 Å². The van der Waals surface area contributed by atoms with Gasteiger partial charge < -0.3 is 10.6 Å². The Balaban J connectivity index is 2.95. The van der Waals surface area contributed by atoms with Crippen LogP contribution < -0.4 is 5.73 Å². The lowest BCUT2D eigenvalue weighted by Crippen LogP contribution is -2.33. The summed E-state index contributed by atoms with van der Waals surface area (Å²) in [5.41, 5.74) is 5.82. The zero-order chi connectivity index (χ0) is 12.8. The van der Waals surface area contributed by atoms with Gasteiger partial charge in [0.05, 0.1) is 5.02 Å². The second kappa shape index (κ2) is 6.45. The quantitative estimate of drug-likeness (QED) is 0.880. The number of rotatable bonds is 5. The van der Waals surface area contributed by atoms with Crippen LogP contribution in [0.3, 0.4) is 0 Å². The van der Waals surface area contributed by atoms with Crippen molar-refractivity contribution in [2.24, 2.45) is 0 Å². The maximum absolute atomic E-state index is 12.2. The zero-order valence-corrected chi connectivity index (χ0v) is 11.0. The number of nitrogens with zero attached hydrogens (tertiary/aromatic N) is 2. The molecule has 0 unspecified atom stereocenters. The molecule has 0 aliphatic heterocycles. The summed E-state index contributed by atoms with van der Waals surface area (Å²) >= 11 is 5.97. The van der Waals surface area contributed by atoms with E-state index in [-0.39, 0.29) is 11.6 Å². The molecule has 0 atom stereocenters. The number of hydrogen-bond donors (Lipinski definition) is 1. The average molecular weight is 256 g/mol. The zero-order valence-electron chi connectivity index (χ0n) is 10.2. The summed E-state index contributed by atoms with van der Waals surface area (Å²) in [6.07, 6.45) is 1.82. The highest BCUT2D eigenvalue weighted by Crippen LogP contribution is 2.17. The fourth-order valence-corrected chi connectivity index (χ4v) is 1.80. The lowest BCUT2D eigenvalue weighted by molar-refractivity contribution is 0.0750. The van der Waals surface area contributed by atoms with Crippen molar-refractivity contribution in [2.75, 3.05) is 18.8 Å². The third-order valence-corrected chi connectivity index (χ3v) is 2.65. The molecule has 2 N–H and O–H groups in total. The number of carbonyl (C=O) groups is 1. The minimum absolute atomic E-state index is 0.147. The van der Waals surface area contributed by atoms with E-state index in [1.807, 2.05) is 13.8 Å².